The van der Waals surface area contributed by atoms with Crippen LogP contribution in [0.1, 0.15) is 29.7 Å². The Bertz CT molecular complexity index is 248. The third kappa shape index (κ3) is 3.42. The van der Waals surface area contributed by atoms with Crippen LogP contribution in [-0.2, 0) is 6.54 Å². The van der Waals surface area contributed by atoms with E-state index in [9.17, 15) is 0 Å². The van der Waals surface area contributed by atoms with Crippen LogP contribution in [-0.4, -0.2) is 23.2 Å². The summed E-state index contributed by atoms with van der Waals surface area (Å²) in [6.07, 6.45) is 1.94. The lowest BCUT2D eigenvalue weighted by Crippen LogP contribution is -2.17. The number of thiazole rings is 1. The van der Waals surface area contributed by atoms with Gasteiger partial charge < -0.3 is 10.4 Å². The van der Waals surface area contributed by atoms with Gasteiger partial charge in [0.1, 0.15) is 5.01 Å². The molecule has 0 saturated carbocycles. The van der Waals surface area contributed by atoms with Crippen molar-refractivity contribution in [1.29, 1.82) is 0 Å². The van der Waals surface area contributed by atoms with Gasteiger partial charge in [-0.2, -0.15) is 0 Å². The first kappa shape index (κ1) is 10.6. The van der Waals surface area contributed by atoms with Gasteiger partial charge in [-0.1, -0.05) is 13.8 Å². The van der Waals surface area contributed by atoms with E-state index in [2.05, 4.69) is 24.1 Å². The molecule has 0 spiro atoms. The lowest BCUT2D eigenvalue weighted by atomic mass is 10.2. The van der Waals surface area contributed by atoms with Crippen molar-refractivity contribution >= 4 is 11.3 Å². The third-order valence-electron chi connectivity index (χ3n) is 1.71. The summed E-state index contributed by atoms with van der Waals surface area (Å²) in [5, 5.41) is 12.8. The molecule has 13 heavy (non-hydrogen) atoms. The SMILES string of the molecule is CC(C)c1cnc(CNCCO)s1. The predicted molar refractivity (Wildman–Crippen MR) is 55.0 cm³/mol. The minimum Gasteiger partial charge on any atom is -0.395 e. The summed E-state index contributed by atoms with van der Waals surface area (Å²) in [5.74, 6) is 0.559. The van der Waals surface area contributed by atoms with Crippen LogP contribution in [0.15, 0.2) is 6.20 Å². The smallest absolute Gasteiger partial charge is 0.107 e. The van der Waals surface area contributed by atoms with E-state index in [0.29, 0.717) is 12.5 Å². The zero-order valence-electron chi connectivity index (χ0n) is 8.08. The zero-order chi connectivity index (χ0) is 9.68. The standard InChI is InChI=1S/C9H16N2OS/c1-7(2)8-5-11-9(13-8)6-10-3-4-12/h5,7,10,12H,3-4,6H2,1-2H3. The van der Waals surface area contributed by atoms with E-state index in [-0.39, 0.29) is 6.61 Å². The summed E-state index contributed by atoms with van der Waals surface area (Å²) >= 11 is 1.74. The van der Waals surface area contributed by atoms with E-state index in [4.69, 9.17) is 5.11 Å². The van der Waals surface area contributed by atoms with Crippen LogP contribution in [0.3, 0.4) is 0 Å². The van der Waals surface area contributed by atoms with Gasteiger partial charge >= 0.3 is 0 Å². The molecular weight excluding hydrogens is 184 g/mol. The molecule has 0 saturated heterocycles. The average molecular weight is 200 g/mol. The van der Waals surface area contributed by atoms with Crippen LogP contribution < -0.4 is 5.32 Å². The number of aliphatic hydroxyl groups excluding tert-OH is 1. The Hall–Kier alpha value is -0.450. The van der Waals surface area contributed by atoms with Crippen molar-refractivity contribution in [1.82, 2.24) is 10.3 Å². The molecule has 0 amide bonds. The second kappa shape index (κ2) is 5.32. The van der Waals surface area contributed by atoms with Gasteiger partial charge in [-0.15, -0.1) is 11.3 Å². The maximum atomic E-state index is 8.56. The van der Waals surface area contributed by atoms with Gasteiger partial charge in [0.25, 0.3) is 0 Å². The molecule has 0 aliphatic rings. The normalized spacial score (nSPS) is 11.1. The number of aliphatic hydroxyl groups is 1. The highest BCUT2D eigenvalue weighted by Gasteiger charge is 2.04. The first-order chi connectivity index (χ1) is 6.24. The fourth-order valence-corrected chi connectivity index (χ4v) is 1.84. The summed E-state index contributed by atoms with van der Waals surface area (Å²) in [4.78, 5) is 5.60. The molecule has 0 atom stereocenters. The fourth-order valence-electron chi connectivity index (χ4n) is 0.947. The van der Waals surface area contributed by atoms with Crippen molar-refractivity contribution in [3.05, 3.63) is 16.1 Å². The first-order valence-electron chi connectivity index (χ1n) is 4.50. The highest BCUT2D eigenvalue weighted by molar-refractivity contribution is 7.11. The van der Waals surface area contributed by atoms with E-state index >= 15 is 0 Å². The Balaban J connectivity index is 2.40. The molecule has 2 N–H and O–H groups in total. The Morgan fingerprint density at radius 3 is 2.92 bits per heavy atom. The molecule has 74 valence electrons. The van der Waals surface area contributed by atoms with Crippen molar-refractivity contribution in [3.8, 4) is 0 Å². The van der Waals surface area contributed by atoms with Gasteiger partial charge in [-0.3, -0.25) is 0 Å². The third-order valence-corrected chi connectivity index (χ3v) is 3.00. The minimum absolute atomic E-state index is 0.183. The molecule has 0 aliphatic heterocycles. The summed E-state index contributed by atoms with van der Waals surface area (Å²) in [7, 11) is 0. The maximum absolute atomic E-state index is 8.56. The van der Waals surface area contributed by atoms with Crippen LogP contribution in [0.4, 0.5) is 0 Å². The maximum Gasteiger partial charge on any atom is 0.107 e. The van der Waals surface area contributed by atoms with Crippen LogP contribution in [0.25, 0.3) is 0 Å². The van der Waals surface area contributed by atoms with Gasteiger partial charge in [0.15, 0.2) is 0 Å². The zero-order valence-corrected chi connectivity index (χ0v) is 8.90. The molecule has 1 aromatic heterocycles. The number of hydrogen-bond donors (Lipinski definition) is 2. The van der Waals surface area contributed by atoms with Crippen molar-refractivity contribution in [2.75, 3.05) is 13.2 Å². The molecule has 1 aromatic rings. The van der Waals surface area contributed by atoms with Crippen molar-refractivity contribution in [2.24, 2.45) is 0 Å². The van der Waals surface area contributed by atoms with Crippen LogP contribution >= 0.6 is 11.3 Å². The fraction of sp³-hybridized carbons (Fsp3) is 0.667. The lowest BCUT2D eigenvalue weighted by molar-refractivity contribution is 0.292. The van der Waals surface area contributed by atoms with Gasteiger partial charge in [0.2, 0.25) is 0 Å². The highest BCUT2D eigenvalue weighted by atomic mass is 32.1. The van der Waals surface area contributed by atoms with Crippen LogP contribution in [0, 0.1) is 0 Å². The van der Waals surface area contributed by atoms with E-state index in [0.717, 1.165) is 11.6 Å². The van der Waals surface area contributed by atoms with Gasteiger partial charge in [0.05, 0.1) is 6.61 Å². The van der Waals surface area contributed by atoms with Crippen molar-refractivity contribution in [3.63, 3.8) is 0 Å². The number of aromatic nitrogens is 1. The molecule has 0 aliphatic carbocycles. The monoisotopic (exact) mass is 200 g/mol. The minimum atomic E-state index is 0.183. The molecule has 4 heteroatoms. The van der Waals surface area contributed by atoms with Crippen molar-refractivity contribution < 1.29 is 5.11 Å². The topological polar surface area (TPSA) is 45.2 Å². The Morgan fingerprint density at radius 1 is 1.62 bits per heavy atom. The van der Waals surface area contributed by atoms with Gasteiger partial charge in [-0.25, -0.2) is 4.98 Å². The average Bonchev–Trinajstić information content (AvgIpc) is 2.53. The number of nitrogens with zero attached hydrogens (tertiary/aromatic N) is 1. The second-order valence-corrected chi connectivity index (χ2v) is 4.36. The molecule has 1 rings (SSSR count). The molecule has 1 heterocycles. The Morgan fingerprint density at radius 2 is 2.38 bits per heavy atom. The van der Waals surface area contributed by atoms with Crippen LogP contribution in [0.2, 0.25) is 0 Å². The number of rotatable bonds is 5. The van der Waals surface area contributed by atoms with E-state index in [1.165, 1.54) is 4.88 Å². The number of nitrogens with one attached hydrogen (secondary N) is 1. The predicted octanol–water partition coefficient (Wildman–Crippen LogP) is 1.35. The summed E-state index contributed by atoms with van der Waals surface area (Å²) < 4.78 is 0. The quantitative estimate of drug-likeness (QED) is 0.705. The molecule has 0 fully saturated rings. The molecule has 0 bridgehead atoms. The van der Waals surface area contributed by atoms with Gasteiger partial charge in [0, 0.05) is 24.2 Å². The van der Waals surface area contributed by atoms with E-state index < -0.39 is 0 Å². The molecule has 0 unspecified atom stereocenters. The Labute approximate surface area is 82.8 Å². The molecular formula is C9H16N2OS. The van der Waals surface area contributed by atoms with E-state index in [1.807, 2.05) is 6.20 Å². The highest BCUT2D eigenvalue weighted by Crippen LogP contribution is 2.21. The van der Waals surface area contributed by atoms with Crippen LogP contribution in [0.5, 0.6) is 0 Å². The largest absolute Gasteiger partial charge is 0.395 e. The van der Waals surface area contributed by atoms with Gasteiger partial charge in [-0.05, 0) is 5.92 Å². The molecule has 0 aromatic carbocycles. The molecule has 0 radical (unpaired) electrons. The molecule has 3 nitrogen and oxygen atoms in total. The Kier molecular flexibility index (Phi) is 4.35. The van der Waals surface area contributed by atoms with E-state index in [1.54, 1.807) is 11.3 Å². The lowest BCUT2D eigenvalue weighted by Gasteiger charge is -1.98. The first-order valence-corrected chi connectivity index (χ1v) is 5.32. The summed E-state index contributed by atoms with van der Waals surface area (Å²) in [6.45, 7) is 5.91. The summed E-state index contributed by atoms with van der Waals surface area (Å²) in [5.41, 5.74) is 0. The second-order valence-electron chi connectivity index (χ2n) is 3.21. The van der Waals surface area contributed by atoms with Crippen molar-refractivity contribution in [2.45, 2.75) is 26.3 Å². The number of hydrogen-bond acceptors (Lipinski definition) is 4. The summed E-state index contributed by atoms with van der Waals surface area (Å²) in [6, 6.07) is 0.